The first-order valence-electron chi connectivity index (χ1n) is 10.3. The van der Waals surface area contributed by atoms with E-state index >= 15 is 0 Å². The number of carbonyl (C=O) groups excluding carboxylic acids is 3. The summed E-state index contributed by atoms with van der Waals surface area (Å²) in [5, 5.41) is 2.24. The van der Waals surface area contributed by atoms with Gasteiger partial charge in [0.25, 0.3) is 11.8 Å². The van der Waals surface area contributed by atoms with Crippen LogP contribution in [-0.4, -0.2) is 30.6 Å². The molecule has 162 valence electrons. The van der Waals surface area contributed by atoms with Gasteiger partial charge in [-0.1, -0.05) is 25.1 Å². The topological polar surface area (TPSA) is 84.9 Å². The number of ether oxygens (including phenoxy) is 2. The Bertz CT molecular complexity index is 1020. The van der Waals surface area contributed by atoms with Crippen molar-refractivity contribution in [2.24, 2.45) is 0 Å². The van der Waals surface area contributed by atoms with Crippen molar-refractivity contribution < 1.29 is 23.9 Å². The van der Waals surface area contributed by atoms with Crippen molar-refractivity contribution in [1.82, 2.24) is 5.32 Å². The number of urea groups is 1. The Morgan fingerprint density at radius 2 is 1.71 bits per heavy atom. The first-order chi connectivity index (χ1) is 14.8. The third kappa shape index (κ3) is 4.94. The average molecular weight is 422 g/mol. The van der Waals surface area contributed by atoms with E-state index in [1.54, 1.807) is 30.3 Å². The van der Waals surface area contributed by atoms with Crippen LogP contribution >= 0.6 is 0 Å². The molecule has 0 aromatic heterocycles. The molecule has 0 spiro atoms. The zero-order valence-electron chi connectivity index (χ0n) is 18.1. The lowest BCUT2D eigenvalue weighted by molar-refractivity contribution is -0.122. The second kappa shape index (κ2) is 9.47. The molecular formula is C24H26N2O5. The van der Waals surface area contributed by atoms with E-state index < -0.39 is 17.8 Å². The molecule has 1 heterocycles. The van der Waals surface area contributed by atoms with Crippen LogP contribution in [0.15, 0.2) is 48.0 Å². The number of barbiturate groups is 1. The van der Waals surface area contributed by atoms with Gasteiger partial charge in [-0.2, -0.15) is 0 Å². The minimum atomic E-state index is -0.771. The molecule has 4 amide bonds. The number of nitrogens with zero attached hydrogens (tertiary/aromatic N) is 1. The molecule has 1 aliphatic rings. The summed E-state index contributed by atoms with van der Waals surface area (Å²) in [6, 6.07) is 11.5. The van der Waals surface area contributed by atoms with E-state index in [1.165, 1.54) is 6.08 Å². The summed E-state index contributed by atoms with van der Waals surface area (Å²) in [7, 11) is 0. The summed E-state index contributed by atoms with van der Waals surface area (Å²) in [6.45, 7) is 8.13. The van der Waals surface area contributed by atoms with Crippen molar-refractivity contribution in [2.45, 2.75) is 40.2 Å². The number of aryl methyl sites for hydroxylation is 1. The molecule has 1 fully saturated rings. The molecule has 0 unspecified atom stereocenters. The summed E-state index contributed by atoms with van der Waals surface area (Å²) < 4.78 is 11.4. The predicted octanol–water partition coefficient (Wildman–Crippen LogP) is 4.10. The second-order valence-corrected chi connectivity index (χ2v) is 7.28. The van der Waals surface area contributed by atoms with Gasteiger partial charge in [0.2, 0.25) is 0 Å². The van der Waals surface area contributed by atoms with Crippen LogP contribution in [0.3, 0.4) is 0 Å². The number of imide groups is 2. The monoisotopic (exact) mass is 422 g/mol. The number of amides is 4. The van der Waals surface area contributed by atoms with Crippen molar-refractivity contribution in [3.8, 4) is 11.5 Å². The van der Waals surface area contributed by atoms with E-state index in [0.29, 0.717) is 29.4 Å². The molecule has 7 nitrogen and oxygen atoms in total. The zero-order chi connectivity index (χ0) is 22.5. The van der Waals surface area contributed by atoms with Crippen molar-refractivity contribution >= 4 is 29.6 Å². The van der Waals surface area contributed by atoms with Gasteiger partial charge in [0.1, 0.15) is 5.57 Å². The van der Waals surface area contributed by atoms with Crippen LogP contribution in [0.25, 0.3) is 6.08 Å². The van der Waals surface area contributed by atoms with E-state index in [4.69, 9.17) is 9.47 Å². The lowest BCUT2D eigenvalue weighted by atomic mass is 10.1. The maximum absolute atomic E-state index is 13.0. The van der Waals surface area contributed by atoms with E-state index in [9.17, 15) is 14.4 Å². The first kappa shape index (κ1) is 22.1. The smallest absolute Gasteiger partial charge is 0.335 e. The first-order valence-corrected chi connectivity index (χ1v) is 10.3. The highest BCUT2D eigenvalue weighted by Gasteiger charge is 2.36. The lowest BCUT2D eigenvalue weighted by Gasteiger charge is -2.26. The van der Waals surface area contributed by atoms with Gasteiger partial charge in [-0.25, -0.2) is 9.69 Å². The predicted molar refractivity (Wildman–Crippen MR) is 118 cm³/mol. The minimum absolute atomic E-state index is 0.0345. The minimum Gasteiger partial charge on any atom is -0.490 e. The molecule has 2 aromatic carbocycles. The molecule has 31 heavy (non-hydrogen) atoms. The van der Waals surface area contributed by atoms with Gasteiger partial charge in [-0.15, -0.1) is 0 Å². The molecular weight excluding hydrogens is 396 g/mol. The van der Waals surface area contributed by atoms with E-state index in [0.717, 1.165) is 16.9 Å². The Kier molecular flexibility index (Phi) is 6.74. The van der Waals surface area contributed by atoms with Crippen LogP contribution < -0.4 is 19.7 Å². The van der Waals surface area contributed by atoms with Crippen LogP contribution in [0.4, 0.5) is 10.5 Å². The van der Waals surface area contributed by atoms with Crippen molar-refractivity contribution in [2.75, 3.05) is 11.5 Å². The standard InChI is InChI=1S/C24H26N2O5/c1-5-16-7-10-18(11-8-16)26-23(28)19(22(27)25-24(26)29)13-17-9-12-20(31-15(3)4)21(14-17)30-6-2/h7-15H,5-6H2,1-4H3,(H,25,27,29)/b19-13+. The fourth-order valence-electron chi connectivity index (χ4n) is 3.17. The number of anilines is 1. The Morgan fingerprint density at radius 3 is 2.32 bits per heavy atom. The normalized spacial score (nSPS) is 15.5. The molecule has 0 radical (unpaired) electrons. The molecule has 7 heteroatoms. The highest BCUT2D eigenvalue weighted by molar-refractivity contribution is 6.39. The van der Waals surface area contributed by atoms with Crippen molar-refractivity contribution in [3.63, 3.8) is 0 Å². The highest BCUT2D eigenvalue weighted by Crippen LogP contribution is 2.31. The number of nitrogens with one attached hydrogen (secondary N) is 1. The van der Waals surface area contributed by atoms with Gasteiger partial charge in [0, 0.05) is 0 Å². The maximum atomic E-state index is 13.0. The van der Waals surface area contributed by atoms with Crippen LogP contribution in [0, 0.1) is 0 Å². The zero-order valence-corrected chi connectivity index (χ0v) is 18.1. The van der Waals surface area contributed by atoms with E-state index in [-0.39, 0.29) is 11.7 Å². The van der Waals surface area contributed by atoms with Gasteiger partial charge in [0.15, 0.2) is 11.5 Å². The molecule has 1 N–H and O–H groups in total. The van der Waals surface area contributed by atoms with Crippen LogP contribution in [0.1, 0.15) is 38.8 Å². The number of carbonyl (C=O) groups is 3. The van der Waals surface area contributed by atoms with Crippen LogP contribution in [0.5, 0.6) is 11.5 Å². The molecule has 1 saturated heterocycles. The summed E-state index contributed by atoms with van der Waals surface area (Å²) >= 11 is 0. The molecule has 0 bridgehead atoms. The summed E-state index contributed by atoms with van der Waals surface area (Å²) in [6.07, 6.45) is 2.25. The summed E-state index contributed by atoms with van der Waals surface area (Å²) in [5.41, 5.74) is 1.91. The fraction of sp³-hybridized carbons (Fsp3) is 0.292. The Labute approximate surface area is 181 Å². The number of rotatable bonds is 7. The fourth-order valence-corrected chi connectivity index (χ4v) is 3.17. The van der Waals surface area contributed by atoms with E-state index in [1.807, 2.05) is 39.8 Å². The molecule has 0 atom stereocenters. The van der Waals surface area contributed by atoms with Crippen LogP contribution in [-0.2, 0) is 16.0 Å². The Morgan fingerprint density at radius 1 is 1.00 bits per heavy atom. The van der Waals surface area contributed by atoms with Gasteiger partial charge >= 0.3 is 6.03 Å². The quantitative estimate of drug-likeness (QED) is 0.536. The number of hydrogen-bond donors (Lipinski definition) is 1. The molecule has 1 aliphatic heterocycles. The van der Waals surface area contributed by atoms with Gasteiger partial charge < -0.3 is 9.47 Å². The largest absolute Gasteiger partial charge is 0.490 e. The SMILES string of the molecule is CCOc1cc(/C=C2\C(=O)NC(=O)N(c3ccc(CC)cc3)C2=O)ccc1OC(C)C. The molecule has 3 rings (SSSR count). The molecule has 0 aliphatic carbocycles. The van der Waals surface area contributed by atoms with Gasteiger partial charge in [0.05, 0.1) is 18.4 Å². The maximum Gasteiger partial charge on any atom is 0.335 e. The Hall–Kier alpha value is -3.61. The molecule has 0 saturated carbocycles. The van der Waals surface area contributed by atoms with E-state index in [2.05, 4.69) is 5.32 Å². The number of benzene rings is 2. The van der Waals surface area contributed by atoms with Crippen molar-refractivity contribution in [1.29, 1.82) is 0 Å². The molecule has 2 aromatic rings. The Balaban J connectivity index is 1.96. The summed E-state index contributed by atoms with van der Waals surface area (Å²) in [4.78, 5) is 38.8. The third-order valence-corrected chi connectivity index (χ3v) is 4.65. The average Bonchev–Trinajstić information content (AvgIpc) is 2.73. The van der Waals surface area contributed by atoms with Gasteiger partial charge in [-0.3, -0.25) is 14.9 Å². The highest BCUT2D eigenvalue weighted by atomic mass is 16.5. The van der Waals surface area contributed by atoms with Gasteiger partial charge in [-0.05, 0) is 68.7 Å². The second-order valence-electron chi connectivity index (χ2n) is 7.28. The van der Waals surface area contributed by atoms with Crippen molar-refractivity contribution in [3.05, 3.63) is 59.2 Å². The lowest BCUT2D eigenvalue weighted by Crippen LogP contribution is -2.54. The summed E-state index contributed by atoms with van der Waals surface area (Å²) in [5.74, 6) is -0.334. The third-order valence-electron chi connectivity index (χ3n) is 4.65. The number of hydrogen-bond acceptors (Lipinski definition) is 5. The van der Waals surface area contributed by atoms with Crippen LogP contribution in [0.2, 0.25) is 0 Å².